The van der Waals surface area contributed by atoms with Gasteiger partial charge in [0, 0.05) is 6.04 Å². The van der Waals surface area contributed by atoms with Crippen LogP contribution in [0.15, 0.2) is 47.4 Å². The van der Waals surface area contributed by atoms with Crippen molar-refractivity contribution in [3.05, 3.63) is 59.4 Å². The smallest absolute Gasteiger partial charge is 0.264 e. The number of benzene rings is 2. The summed E-state index contributed by atoms with van der Waals surface area (Å²) in [5, 5.41) is 2.73. The van der Waals surface area contributed by atoms with Gasteiger partial charge in [-0.25, -0.2) is 12.8 Å². The summed E-state index contributed by atoms with van der Waals surface area (Å²) in [5.41, 5.74) is 1.25. The monoisotopic (exact) mass is 376 g/mol. The van der Waals surface area contributed by atoms with Crippen LogP contribution >= 0.6 is 0 Å². The van der Waals surface area contributed by atoms with Crippen molar-refractivity contribution in [1.29, 1.82) is 0 Å². The molecule has 1 N–H and O–H groups in total. The molecule has 0 aromatic heterocycles. The molecule has 5 nitrogen and oxygen atoms in total. The third kappa shape index (κ3) is 3.44. The molecule has 0 saturated carbocycles. The third-order valence-corrected chi connectivity index (χ3v) is 6.13. The zero-order chi connectivity index (χ0) is 18.9. The van der Waals surface area contributed by atoms with E-state index in [1.165, 1.54) is 6.07 Å². The van der Waals surface area contributed by atoms with Gasteiger partial charge in [-0.3, -0.25) is 9.10 Å². The van der Waals surface area contributed by atoms with Gasteiger partial charge in [-0.15, -0.1) is 0 Å². The van der Waals surface area contributed by atoms with E-state index >= 15 is 0 Å². The van der Waals surface area contributed by atoms with Crippen molar-refractivity contribution in [1.82, 2.24) is 5.32 Å². The van der Waals surface area contributed by atoms with E-state index in [-0.39, 0.29) is 22.7 Å². The summed E-state index contributed by atoms with van der Waals surface area (Å²) in [6.07, 6.45) is 1.84. The Balaban J connectivity index is 2.09. The van der Waals surface area contributed by atoms with Crippen LogP contribution < -0.4 is 9.62 Å². The molecule has 0 aliphatic carbocycles. The molecule has 26 heavy (non-hydrogen) atoms. The quantitative estimate of drug-likeness (QED) is 0.892. The molecule has 0 radical (unpaired) electrons. The summed E-state index contributed by atoms with van der Waals surface area (Å²) in [6, 6.07) is 9.83. The number of aryl methyl sites for hydroxylation is 1. The fourth-order valence-corrected chi connectivity index (χ4v) is 4.63. The first-order valence-electron chi connectivity index (χ1n) is 8.55. The summed E-state index contributed by atoms with van der Waals surface area (Å²) in [4.78, 5) is 12.4. The zero-order valence-corrected chi connectivity index (χ0v) is 15.5. The lowest BCUT2D eigenvalue weighted by Gasteiger charge is -2.25. The molecule has 1 aliphatic rings. The van der Waals surface area contributed by atoms with E-state index in [9.17, 15) is 17.6 Å². The number of anilines is 1. The summed E-state index contributed by atoms with van der Waals surface area (Å²) >= 11 is 0. The first kappa shape index (κ1) is 18.4. The highest BCUT2D eigenvalue weighted by atomic mass is 32.2. The standard InChI is InChI=1S/C19H21FN2O3S/c1-3-4-14-5-8-16(9-6-14)26(24,25)22-12-13(2)21-19(23)17-10-7-15(20)11-18(17)22/h5-11,13H,3-4,12H2,1-2H3,(H,21,23)/t13-/m1/s1. The van der Waals surface area contributed by atoms with Gasteiger partial charge in [0.2, 0.25) is 0 Å². The molecule has 1 atom stereocenters. The molecular weight excluding hydrogens is 355 g/mol. The van der Waals surface area contributed by atoms with Gasteiger partial charge in [0.1, 0.15) is 5.82 Å². The number of carbonyl (C=O) groups excluding carboxylic acids is 1. The van der Waals surface area contributed by atoms with Gasteiger partial charge in [0.05, 0.1) is 22.7 Å². The number of nitrogens with zero attached hydrogens (tertiary/aromatic N) is 1. The van der Waals surface area contributed by atoms with Gasteiger partial charge in [-0.05, 0) is 49.2 Å². The summed E-state index contributed by atoms with van der Waals surface area (Å²) in [7, 11) is -3.93. The van der Waals surface area contributed by atoms with Gasteiger partial charge in [-0.2, -0.15) is 0 Å². The minimum atomic E-state index is -3.93. The van der Waals surface area contributed by atoms with E-state index in [2.05, 4.69) is 12.2 Å². The molecule has 2 aromatic carbocycles. The lowest BCUT2D eigenvalue weighted by Crippen LogP contribution is -2.41. The molecule has 2 aromatic rings. The molecule has 0 saturated heterocycles. The molecule has 138 valence electrons. The van der Waals surface area contributed by atoms with Crippen LogP contribution in [-0.4, -0.2) is 26.9 Å². The van der Waals surface area contributed by atoms with Gasteiger partial charge in [-0.1, -0.05) is 25.5 Å². The largest absolute Gasteiger partial charge is 0.348 e. The highest BCUT2D eigenvalue weighted by Gasteiger charge is 2.33. The molecule has 1 amide bonds. The van der Waals surface area contributed by atoms with Gasteiger partial charge in [0.15, 0.2) is 0 Å². The summed E-state index contributed by atoms with van der Waals surface area (Å²) in [6.45, 7) is 3.80. The van der Waals surface area contributed by atoms with E-state index in [4.69, 9.17) is 0 Å². The van der Waals surface area contributed by atoms with Crippen LogP contribution in [-0.2, 0) is 16.4 Å². The minimum Gasteiger partial charge on any atom is -0.348 e. The normalized spacial score (nSPS) is 17.4. The van der Waals surface area contributed by atoms with Crippen molar-refractivity contribution in [2.75, 3.05) is 10.8 Å². The predicted octanol–water partition coefficient (Wildman–Crippen LogP) is 3.11. The Kier molecular flexibility index (Phi) is 5.00. The second-order valence-electron chi connectivity index (χ2n) is 6.47. The van der Waals surface area contributed by atoms with E-state index < -0.39 is 27.8 Å². The van der Waals surface area contributed by atoms with Crippen molar-refractivity contribution in [3.63, 3.8) is 0 Å². The van der Waals surface area contributed by atoms with Crippen LogP contribution in [0.2, 0.25) is 0 Å². The Hall–Kier alpha value is -2.41. The number of halogens is 1. The SMILES string of the molecule is CCCc1ccc(S(=O)(=O)N2C[C@@H](C)NC(=O)c3ccc(F)cc32)cc1. The maximum Gasteiger partial charge on any atom is 0.264 e. The van der Waals surface area contributed by atoms with Crippen molar-refractivity contribution in [3.8, 4) is 0 Å². The van der Waals surface area contributed by atoms with E-state index in [1.807, 2.05) is 0 Å². The van der Waals surface area contributed by atoms with Gasteiger partial charge < -0.3 is 5.32 Å². The lowest BCUT2D eigenvalue weighted by molar-refractivity contribution is 0.0945. The van der Waals surface area contributed by atoms with Crippen molar-refractivity contribution < 1.29 is 17.6 Å². The minimum absolute atomic E-state index is 0.0290. The van der Waals surface area contributed by atoms with Crippen LogP contribution in [0.4, 0.5) is 10.1 Å². The molecule has 7 heteroatoms. The number of sulfonamides is 1. The number of nitrogens with one attached hydrogen (secondary N) is 1. The topological polar surface area (TPSA) is 66.5 Å². The van der Waals surface area contributed by atoms with Crippen LogP contribution in [0.3, 0.4) is 0 Å². The van der Waals surface area contributed by atoms with E-state index in [1.54, 1.807) is 31.2 Å². The highest BCUT2D eigenvalue weighted by Crippen LogP contribution is 2.30. The Labute approximate surface area is 152 Å². The van der Waals surface area contributed by atoms with Gasteiger partial charge >= 0.3 is 0 Å². The Morgan fingerprint density at radius 2 is 1.88 bits per heavy atom. The Bertz CT molecular complexity index is 926. The zero-order valence-electron chi connectivity index (χ0n) is 14.7. The van der Waals surface area contributed by atoms with E-state index in [0.29, 0.717) is 0 Å². The molecule has 0 unspecified atom stereocenters. The van der Waals surface area contributed by atoms with Crippen molar-refractivity contribution >= 4 is 21.6 Å². The van der Waals surface area contributed by atoms with Crippen LogP contribution in [0.5, 0.6) is 0 Å². The number of carbonyl (C=O) groups is 1. The molecule has 0 fully saturated rings. The molecule has 0 spiro atoms. The summed E-state index contributed by atoms with van der Waals surface area (Å²) < 4.78 is 41.3. The third-order valence-electron chi connectivity index (χ3n) is 4.34. The first-order valence-corrected chi connectivity index (χ1v) is 9.99. The fraction of sp³-hybridized carbons (Fsp3) is 0.316. The molecule has 0 bridgehead atoms. The van der Waals surface area contributed by atoms with Crippen molar-refractivity contribution in [2.24, 2.45) is 0 Å². The van der Waals surface area contributed by atoms with Crippen LogP contribution in [0.25, 0.3) is 0 Å². The average Bonchev–Trinajstić information content (AvgIpc) is 2.72. The van der Waals surface area contributed by atoms with Crippen LogP contribution in [0, 0.1) is 5.82 Å². The molecule has 3 rings (SSSR count). The lowest BCUT2D eigenvalue weighted by atomic mass is 10.1. The summed E-state index contributed by atoms with van der Waals surface area (Å²) in [5.74, 6) is -1.01. The molecular formula is C19H21FN2O3S. The maximum atomic E-state index is 13.8. The van der Waals surface area contributed by atoms with Crippen LogP contribution in [0.1, 0.15) is 36.2 Å². The first-order chi connectivity index (χ1) is 12.3. The highest BCUT2D eigenvalue weighted by molar-refractivity contribution is 7.92. The number of amides is 1. The van der Waals surface area contributed by atoms with E-state index in [0.717, 1.165) is 34.8 Å². The van der Waals surface area contributed by atoms with Gasteiger partial charge in [0.25, 0.3) is 15.9 Å². The fourth-order valence-electron chi connectivity index (χ4n) is 3.07. The second-order valence-corrected chi connectivity index (χ2v) is 8.33. The Morgan fingerprint density at radius 1 is 1.19 bits per heavy atom. The molecule has 1 aliphatic heterocycles. The number of fused-ring (bicyclic) bond motifs is 1. The predicted molar refractivity (Wildman–Crippen MR) is 98.3 cm³/mol. The Morgan fingerprint density at radius 3 is 2.54 bits per heavy atom. The molecule has 1 heterocycles. The number of rotatable bonds is 4. The number of hydrogen-bond acceptors (Lipinski definition) is 3. The number of hydrogen-bond donors (Lipinski definition) is 1. The van der Waals surface area contributed by atoms with Crippen molar-refractivity contribution in [2.45, 2.75) is 37.6 Å². The average molecular weight is 376 g/mol. The second kappa shape index (κ2) is 7.07. The maximum absolute atomic E-state index is 13.8.